The van der Waals surface area contributed by atoms with Crippen molar-refractivity contribution in [2.45, 2.75) is 44.2 Å². The highest BCUT2D eigenvalue weighted by Gasteiger charge is 2.25. The average molecular weight is 267 g/mol. The lowest BCUT2D eigenvalue weighted by Crippen LogP contribution is -2.23. The summed E-state index contributed by atoms with van der Waals surface area (Å²) in [7, 11) is 0. The summed E-state index contributed by atoms with van der Waals surface area (Å²) in [5, 5.41) is 3.60. The first-order chi connectivity index (χ1) is 9.92. The summed E-state index contributed by atoms with van der Waals surface area (Å²) in [6.45, 7) is 1.14. The van der Waals surface area contributed by atoms with E-state index in [1.807, 2.05) is 6.33 Å². The van der Waals surface area contributed by atoms with Gasteiger partial charge in [-0.2, -0.15) is 0 Å². The van der Waals surface area contributed by atoms with Crippen molar-refractivity contribution in [2.24, 2.45) is 0 Å². The fourth-order valence-electron chi connectivity index (χ4n) is 3.74. The molecule has 1 saturated heterocycles. The van der Waals surface area contributed by atoms with Gasteiger partial charge in [0, 0.05) is 18.3 Å². The van der Waals surface area contributed by atoms with Gasteiger partial charge in [0.15, 0.2) is 0 Å². The van der Waals surface area contributed by atoms with Crippen LogP contribution in [-0.2, 0) is 12.8 Å². The van der Waals surface area contributed by atoms with E-state index in [-0.39, 0.29) is 0 Å². The normalized spacial score (nSPS) is 25.6. The molecule has 1 N–H and O–H groups in total. The zero-order valence-electron chi connectivity index (χ0n) is 11.8. The van der Waals surface area contributed by atoms with Crippen LogP contribution in [0.1, 0.15) is 48.2 Å². The summed E-state index contributed by atoms with van der Waals surface area (Å²) in [6.07, 6.45) is 10.2. The Morgan fingerprint density at radius 3 is 2.90 bits per heavy atom. The van der Waals surface area contributed by atoms with Crippen LogP contribution in [0.5, 0.6) is 0 Å². The second kappa shape index (κ2) is 5.06. The Balaban J connectivity index is 1.62. The van der Waals surface area contributed by atoms with Crippen molar-refractivity contribution in [1.82, 2.24) is 14.9 Å². The van der Waals surface area contributed by atoms with E-state index in [1.165, 1.54) is 42.5 Å². The highest BCUT2D eigenvalue weighted by atomic mass is 15.1. The van der Waals surface area contributed by atoms with Gasteiger partial charge in [0.1, 0.15) is 0 Å². The van der Waals surface area contributed by atoms with E-state index < -0.39 is 0 Å². The van der Waals surface area contributed by atoms with E-state index in [1.54, 1.807) is 0 Å². The number of aromatic nitrogens is 2. The maximum atomic E-state index is 4.42. The third-order valence-electron chi connectivity index (χ3n) is 4.83. The number of fused-ring (bicyclic) bond motifs is 1. The molecule has 20 heavy (non-hydrogen) atoms. The fraction of sp³-hybridized carbons (Fsp3) is 0.471. The molecular formula is C17H21N3. The van der Waals surface area contributed by atoms with Crippen molar-refractivity contribution in [3.05, 3.63) is 53.6 Å². The second-order valence-corrected chi connectivity index (χ2v) is 6.04. The second-order valence-electron chi connectivity index (χ2n) is 6.04. The molecule has 1 fully saturated rings. The molecule has 2 heterocycles. The summed E-state index contributed by atoms with van der Waals surface area (Å²) >= 11 is 0. The number of benzene rings is 1. The molecule has 2 aliphatic rings. The van der Waals surface area contributed by atoms with Crippen molar-refractivity contribution in [3.63, 3.8) is 0 Å². The predicted octanol–water partition coefficient (Wildman–Crippen LogP) is 3.04. The van der Waals surface area contributed by atoms with Gasteiger partial charge in [-0.25, -0.2) is 4.98 Å². The number of nitrogens with one attached hydrogen (secondary N) is 1. The Hall–Kier alpha value is -1.61. The molecule has 4 rings (SSSR count). The molecule has 0 radical (unpaired) electrons. The topological polar surface area (TPSA) is 29.9 Å². The van der Waals surface area contributed by atoms with Crippen LogP contribution in [0.3, 0.4) is 0 Å². The Labute approximate surface area is 120 Å². The predicted molar refractivity (Wildman–Crippen MR) is 79.7 cm³/mol. The molecule has 104 valence electrons. The zero-order valence-corrected chi connectivity index (χ0v) is 11.8. The van der Waals surface area contributed by atoms with Crippen LogP contribution in [0, 0.1) is 0 Å². The van der Waals surface area contributed by atoms with E-state index in [0.717, 1.165) is 13.0 Å². The molecule has 0 saturated carbocycles. The Morgan fingerprint density at radius 2 is 2.05 bits per heavy atom. The van der Waals surface area contributed by atoms with Crippen LogP contribution < -0.4 is 5.32 Å². The number of imidazole rings is 1. The monoisotopic (exact) mass is 267 g/mol. The lowest BCUT2D eigenvalue weighted by Gasteiger charge is -2.28. The van der Waals surface area contributed by atoms with Crippen molar-refractivity contribution >= 4 is 0 Å². The van der Waals surface area contributed by atoms with E-state index in [4.69, 9.17) is 0 Å². The van der Waals surface area contributed by atoms with Crippen molar-refractivity contribution in [1.29, 1.82) is 0 Å². The van der Waals surface area contributed by atoms with E-state index in [2.05, 4.69) is 45.3 Å². The van der Waals surface area contributed by atoms with Gasteiger partial charge in [0.2, 0.25) is 0 Å². The molecule has 2 atom stereocenters. The van der Waals surface area contributed by atoms with E-state index in [0.29, 0.717) is 12.1 Å². The molecule has 0 spiro atoms. The van der Waals surface area contributed by atoms with Crippen LogP contribution in [0.25, 0.3) is 0 Å². The van der Waals surface area contributed by atoms with Gasteiger partial charge in [-0.15, -0.1) is 0 Å². The van der Waals surface area contributed by atoms with Crippen LogP contribution in [0.4, 0.5) is 0 Å². The molecule has 3 nitrogen and oxygen atoms in total. The van der Waals surface area contributed by atoms with Gasteiger partial charge in [0.05, 0.1) is 12.0 Å². The van der Waals surface area contributed by atoms with Crippen LogP contribution in [-0.4, -0.2) is 16.1 Å². The molecule has 0 amide bonds. The lowest BCUT2D eigenvalue weighted by molar-refractivity contribution is 0.415. The van der Waals surface area contributed by atoms with Gasteiger partial charge < -0.3 is 9.88 Å². The minimum atomic E-state index is 0.509. The molecular weight excluding hydrogens is 246 g/mol. The lowest BCUT2D eigenvalue weighted by atomic mass is 9.88. The molecule has 0 bridgehead atoms. The number of nitrogens with zero attached hydrogens (tertiary/aromatic N) is 2. The van der Waals surface area contributed by atoms with Crippen molar-refractivity contribution < 1.29 is 0 Å². The first-order valence-electron chi connectivity index (χ1n) is 7.74. The minimum Gasteiger partial charge on any atom is -0.330 e. The molecule has 1 aromatic carbocycles. The van der Waals surface area contributed by atoms with Crippen LogP contribution in [0.15, 0.2) is 36.8 Å². The van der Waals surface area contributed by atoms with Crippen LogP contribution in [0.2, 0.25) is 0 Å². The Kier molecular flexibility index (Phi) is 3.07. The summed E-state index contributed by atoms with van der Waals surface area (Å²) < 4.78 is 2.43. The van der Waals surface area contributed by atoms with Gasteiger partial charge in [0.25, 0.3) is 0 Å². The first-order valence-corrected chi connectivity index (χ1v) is 7.74. The molecule has 1 aromatic heterocycles. The minimum absolute atomic E-state index is 0.509. The summed E-state index contributed by atoms with van der Waals surface area (Å²) in [5.74, 6) is 0. The Morgan fingerprint density at radius 1 is 1.15 bits per heavy atom. The molecule has 1 aliphatic carbocycles. The van der Waals surface area contributed by atoms with Gasteiger partial charge >= 0.3 is 0 Å². The highest BCUT2D eigenvalue weighted by Crippen LogP contribution is 2.32. The molecule has 1 aliphatic heterocycles. The quantitative estimate of drug-likeness (QED) is 0.906. The SMILES string of the molecule is c1ccc2c(c1)CCC(n1cncc1[C@@H]1CCCN1)C2. The summed E-state index contributed by atoms with van der Waals surface area (Å²) in [5.41, 5.74) is 4.43. The third kappa shape index (κ3) is 2.06. The van der Waals surface area contributed by atoms with Gasteiger partial charge in [-0.05, 0) is 49.8 Å². The number of hydrogen-bond acceptors (Lipinski definition) is 2. The van der Waals surface area contributed by atoms with Gasteiger partial charge in [-0.1, -0.05) is 24.3 Å². The molecule has 2 aromatic rings. The standard InChI is InChI=1S/C17H21N3/c1-2-5-14-10-15(8-7-13(14)4-1)20-12-18-11-17(20)16-6-3-9-19-16/h1-2,4-5,11-12,15-16,19H,3,6-10H2/t15?,16-/m0/s1. The first kappa shape index (κ1) is 12.2. The maximum absolute atomic E-state index is 4.42. The maximum Gasteiger partial charge on any atom is 0.0951 e. The van der Waals surface area contributed by atoms with Crippen molar-refractivity contribution in [2.75, 3.05) is 6.54 Å². The molecule has 3 heteroatoms. The Bertz CT molecular complexity index is 596. The van der Waals surface area contributed by atoms with Gasteiger partial charge in [-0.3, -0.25) is 0 Å². The highest BCUT2D eigenvalue weighted by molar-refractivity contribution is 5.30. The molecule has 1 unspecified atom stereocenters. The fourth-order valence-corrected chi connectivity index (χ4v) is 3.74. The smallest absolute Gasteiger partial charge is 0.0951 e. The van der Waals surface area contributed by atoms with Crippen LogP contribution >= 0.6 is 0 Å². The summed E-state index contributed by atoms with van der Waals surface area (Å²) in [6, 6.07) is 9.96. The number of rotatable bonds is 2. The third-order valence-corrected chi connectivity index (χ3v) is 4.83. The zero-order chi connectivity index (χ0) is 13.4. The van der Waals surface area contributed by atoms with Crippen molar-refractivity contribution in [3.8, 4) is 0 Å². The average Bonchev–Trinajstić information content (AvgIpc) is 3.17. The van der Waals surface area contributed by atoms with E-state index >= 15 is 0 Å². The van der Waals surface area contributed by atoms with E-state index in [9.17, 15) is 0 Å². The number of hydrogen-bond donors (Lipinski definition) is 1. The largest absolute Gasteiger partial charge is 0.330 e. The number of aryl methyl sites for hydroxylation is 1. The summed E-state index contributed by atoms with van der Waals surface area (Å²) in [4.78, 5) is 4.42.